The van der Waals surface area contributed by atoms with Gasteiger partial charge in [0.15, 0.2) is 0 Å². The van der Waals surface area contributed by atoms with Crippen molar-refractivity contribution < 1.29 is 0 Å². The smallest absolute Gasteiger partial charge is 0.0794 e. The highest BCUT2D eigenvalue weighted by atomic mass is 32.1. The van der Waals surface area contributed by atoms with Gasteiger partial charge in [-0.1, -0.05) is 12.8 Å². The lowest BCUT2D eigenvalue weighted by atomic mass is 9.96. The van der Waals surface area contributed by atoms with E-state index in [0.717, 1.165) is 13.1 Å². The second-order valence-electron chi connectivity index (χ2n) is 4.90. The van der Waals surface area contributed by atoms with Crippen molar-refractivity contribution in [3.05, 3.63) is 16.6 Å². The molecule has 0 amide bonds. The number of nitrogens with zero attached hydrogens (tertiary/aromatic N) is 2. The maximum Gasteiger partial charge on any atom is 0.0794 e. The van der Waals surface area contributed by atoms with Gasteiger partial charge in [-0.2, -0.15) is 0 Å². The van der Waals surface area contributed by atoms with Crippen molar-refractivity contribution in [3.63, 3.8) is 0 Å². The zero-order chi connectivity index (χ0) is 11.4. The molecule has 0 atom stereocenters. The van der Waals surface area contributed by atoms with Gasteiger partial charge in [0.2, 0.25) is 0 Å². The summed E-state index contributed by atoms with van der Waals surface area (Å²) in [5.74, 6) is 0. The fourth-order valence-electron chi connectivity index (χ4n) is 2.56. The largest absolute Gasteiger partial charge is 0.310 e. The molecule has 0 spiro atoms. The van der Waals surface area contributed by atoms with Crippen LogP contribution in [0.15, 0.2) is 11.7 Å². The molecule has 3 nitrogen and oxygen atoms in total. The van der Waals surface area contributed by atoms with Crippen LogP contribution in [0.4, 0.5) is 0 Å². The van der Waals surface area contributed by atoms with Gasteiger partial charge in [-0.05, 0) is 26.9 Å². The maximum absolute atomic E-state index is 4.09. The molecule has 1 fully saturated rings. The second-order valence-corrected chi connectivity index (χ2v) is 5.87. The Morgan fingerprint density at radius 3 is 2.75 bits per heavy atom. The van der Waals surface area contributed by atoms with Crippen molar-refractivity contribution in [2.45, 2.75) is 37.8 Å². The molecule has 1 aliphatic rings. The molecule has 2 rings (SSSR count). The van der Waals surface area contributed by atoms with E-state index in [4.69, 9.17) is 0 Å². The standard InChI is InChI=1S/C12H21N3S/c1-15(2)12(5-3-4-6-12)9-13-7-11-8-14-10-16-11/h8,10,13H,3-7,9H2,1-2H3. The molecule has 4 heteroatoms. The molecule has 1 aliphatic carbocycles. The Hall–Kier alpha value is -0.450. The Labute approximate surface area is 102 Å². The zero-order valence-corrected chi connectivity index (χ0v) is 11.0. The maximum atomic E-state index is 4.09. The molecule has 0 radical (unpaired) electrons. The van der Waals surface area contributed by atoms with Gasteiger partial charge in [0, 0.05) is 29.7 Å². The molecule has 0 unspecified atom stereocenters. The molecule has 0 aromatic carbocycles. The molecular weight excluding hydrogens is 218 g/mol. The van der Waals surface area contributed by atoms with Crippen LogP contribution in [0.5, 0.6) is 0 Å². The van der Waals surface area contributed by atoms with E-state index in [9.17, 15) is 0 Å². The van der Waals surface area contributed by atoms with Gasteiger partial charge >= 0.3 is 0 Å². The van der Waals surface area contributed by atoms with Crippen LogP contribution in [0.25, 0.3) is 0 Å². The summed E-state index contributed by atoms with van der Waals surface area (Å²) in [4.78, 5) is 7.82. The lowest BCUT2D eigenvalue weighted by Gasteiger charge is -2.36. The van der Waals surface area contributed by atoms with Crippen LogP contribution in [-0.2, 0) is 6.54 Å². The molecule has 16 heavy (non-hydrogen) atoms. The monoisotopic (exact) mass is 239 g/mol. The summed E-state index contributed by atoms with van der Waals surface area (Å²) in [7, 11) is 4.42. The Kier molecular flexibility index (Phi) is 3.95. The van der Waals surface area contributed by atoms with Crippen LogP contribution < -0.4 is 5.32 Å². The minimum absolute atomic E-state index is 0.394. The number of rotatable bonds is 5. The molecule has 1 N–H and O–H groups in total. The lowest BCUT2D eigenvalue weighted by Crippen LogP contribution is -2.49. The number of hydrogen-bond donors (Lipinski definition) is 1. The molecule has 1 aromatic heterocycles. The van der Waals surface area contributed by atoms with Gasteiger partial charge in [-0.15, -0.1) is 11.3 Å². The summed E-state index contributed by atoms with van der Waals surface area (Å²) in [6.45, 7) is 2.05. The molecule has 0 aliphatic heterocycles. The van der Waals surface area contributed by atoms with Gasteiger partial charge in [0.05, 0.1) is 5.51 Å². The summed E-state index contributed by atoms with van der Waals surface area (Å²) < 4.78 is 0. The van der Waals surface area contributed by atoms with Gasteiger partial charge in [-0.25, -0.2) is 0 Å². The van der Waals surface area contributed by atoms with Crippen LogP contribution in [0.1, 0.15) is 30.6 Å². The van der Waals surface area contributed by atoms with Crippen LogP contribution in [0.3, 0.4) is 0 Å². The summed E-state index contributed by atoms with van der Waals surface area (Å²) in [6.07, 6.45) is 7.36. The third kappa shape index (κ3) is 2.62. The van der Waals surface area contributed by atoms with E-state index >= 15 is 0 Å². The number of hydrogen-bond acceptors (Lipinski definition) is 4. The topological polar surface area (TPSA) is 28.2 Å². The van der Waals surface area contributed by atoms with Crippen LogP contribution >= 0.6 is 11.3 Å². The Balaban J connectivity index is 1.83. The first-order chi connectivity index (χ1) is 7.73. The van der Waals surface area contributed by atoms with Crippen LogP contribution in [0.2, 0.25) is 0 Å². The van der Waals surface area contributed by atoms with E-state index in [1.54, 1.807) is 11.3 Å². The first-order valence-electron chi connectivity index (χ1n) is 5.98. The first kappa shape index (κ1) is 12.0. The average Bonchev–Trinajstić information content (AvgIpc) is 2.88. The van der Waals surface area contributed by atoms with E-state index in [2.05, 4.69) is 29.3 Å². The third-order valence-electron chi connectivity index (χ3n) is 3.72. The minimum atomic E-state index is 0.394. The predicted octanol–water partition coefficient (Wildman–Crippen LogP) is 2.11. The van der Waals surface area contributed by atoms with Crippen molar-refractivity contribution in [2.24, 2.45) is 0 Å². The van der Waals surface area contributed by atoms with Crippen molar-refractivity contribution >= 4 is 11.3 Å². The zero-order valence-electron chi connectivity index (χ0n) is 10.2. The fraction of sp³-hybridized carbons (Fsp3) is 0.750. The number of thiazole rings is 1. The Morgan fingerprint density at radius 1 is 1.44 bits per heavy atom. The molecule has 1 aromatic rings. The fourth-order valence-corrected chi connectivity index (χ4v) is 3.13. The predicted molar refractivity (Wildman–Crippen MR) is 68.7 cm³/mol. The Bertz CT molecular complexity index is 302. The van der Waals surface area contributed by atoms with Crippen molar-refractivity contribution in [1.82, 2.24) is 15.2 Å². The van der Waals surface area contributed by atoms with Gasteiger partial charge in [-0.3, -0.25) is 4.98 Å². The summed E-state index contributed by atoms with van der Waals surface area (Å²) in [6, 6.07) is 0. The van der Waals surface area contributed by atoms with Crippen molar-refractivity contribution in [2.75, 3.05) is 20.6 Å². The van der Waals surface area contributed by atoms with Crippen molar-refractivity contribution in [1.29, 1.82) is 0 Å². The molecule has 1 saturated carbocycles. The molecule has 90 valence electrons. The molecule has 1 heterocycles. The second kappa shape index (κ2) is 5.25. The summed E-state index contributed by atoms with van der Waals surface area (Å²) in [5.41, 5.74) is 2.29. The number of nitrogens with one attached hydrogen (secondary N) is 1. The van der Waals surface area contributed by atoms with Gasteiger partial charge < -0.3 is 10.2 Å². The van der Waals surface area contributed by atoms with Gasteiger partial charge in [0.1, 0.15) is 0 Å². The highest BCUT2D eigenvalue weighted by Crippen LogP contribution is 2.33. The minimum Gasteiger partial charge on any atom is -0.310 e. The molecule has 0 bridgehead atoms. The van der Waals surface area contributed by atoms with E-state index < -0.39 is 0 Å². The lowest BCUT2D eigenvalue weighted by molar-refractivity contribution is 0.154. The quantitative estimate of drug-likeness (QED) is 0.853. The summed E-state index contributed by atoms with van der Waals surface area (Å²) >= 11 is 1.73. The SMILES string of the molecule is CN(C)C1(CNCc2cncs2)CCCC1. The summed E-state index contributed by atoms with van der Waals surface area (Å²) in [5, 5.41) is 3.58. The average molecular weight is 239 g/mol. The Morgan fingerprint density at radius 2 is 2.19 bits per heavy atom. The highest BCUT2D eigenvalue weighted by molar-refractivity contribution is 7.09. The molecular formula is C12H21N3S. The number of aromatic nitrogens is 1. The van der Waals surface area contributed by atoms with E-state index in [0.29, 0.717) is 5.54 Å². The molecule has 0 saturated heterocycles. The normalized spacial score (nSPS) is 19.4. The number of likely N-dealkylation sites (N-methyl/N-ethyl adjacent to an activating group) is 1. The van der Waals surface area contributed by atoms with Gasteiger partial charge in [0.25, 0.3) is 0 Å². The third-order valence-corrected chi connectivity index (χ3v) is 4.50. The van der Waals surface area contributed by atoms with E-state index in [1.807, 2.05) is 11.7 Å². The van der Waals surface area contributed by atoms with Crippen molar-refractivity contribution in [3.8, 4) is 0 Å². The van der Waals surface area contributed by atoms with Crippen LogP contribution in [0, 0.1) is 0 Å². The van der Waals surface area contributed by atoms with Crippen LogP contribution in [-0.4, -0.2) is 36.1 Å². The first-order valence-corrected chi connectivity index (χ1v) is 6.86. The van der Waals surface area contributed by atoms with E-state index in [-0.39, 0.29) is 0 Å². The van der Waals surface area contributed by atoms with E-state index in [1.165, 1.54) is 30.6 Å². The highest BCUT2D eigenvalue weighted by Gasteiger charge is 2.35.